The lowest BCUT2D eigenvalue weighted by Gasteiger charge is -2.11. The van der Waals surface area contributed by atoms with E-state index >= 15 is 0 Å². The Morgan fingerprint density at radius 1 is 1.52 bits per heavy atom. The second kappa shape index (κ2) is 6.91. The van der Waals surface area contributed by atoms with Gasteiger partial charge in [-0.2, -0.15) is 0 Å². The van der Waals surface area contributed by atoms with E-state index < -0.39 is 6.04 Å². The fraction of sp³-hybridized carbons (Fsp3) is 0.375. The number of amides is 2. The topological polar surface area (TPSA) is 78.4 Å². The summed E-state index contributed by atoms with van der Waals surface area (Å²) in [5.74, 6) is 5.54. The maximum Gasteiger partial charge on any atom is 0.246 e. The van der Waals surface area contributed by atoms with Crippen molar-refractivity contribution in [1.82, 2.24) is 5.32 Å². The molecule has 1 saturated heterocycles. The number of carbonyl (C=O) groups excluding carboxylic acids is 2. The molecule has 0 aromatic heterocycles. The molecule has 1 atom stereocenters. The van der Waals surface area contributed by atoms with Crippen molar-refractivity contribution in [3.8, 4) is 11.8 Å². The highest BCUT2D eigenvalue weighted by Gasteiger charge is 2.27. The number of aryl methyl sites for hydroxylation is 1. The summed E-state index contributed by atoms with van der Waals surface area (Å²) in [5, 5.41) is 14.2. The van der Waals surface area contributed by atoms with Crippen LogP contribution in [0.3, 0.4) is 0 Å². The SMILES string of the molecule is Cc1ccc(NC(=O)C2CCC(=O)N2)cc1C#CCCO. The number of aliphatic hydroxyl groups is 1. The van der Waals surface area contributed by atoms with Crippen molar-refractivity contribution >= 4 is 17.5 Å². The molecule has 1 fully saturated rings. The van der Waals surface area contributed by atoms with Crippen molar-refractivity contribution in [1.29, 1.82) is 0 Å². The van der Waals surface area contributed by atoms with Gasteiger partial charge in [0.1, 0.15) is 6.04 Å². The Kier molecular flexibility index (Phi) is 4.96. The van der Waals surface area contributed by atoms with E-state index in [4.69, 9.17) is 5.11 Å². The smallest absolute Gasteiger partial charge is 0.246 e. The number of carbonyl (C=O) groups is 2. The van der Waals surface area contributed by atoms with Gasteiger partial charge in [0.15, 0.2) is 0 Å². The average molecular weight is 286 g/mol. The zero-order valence-corrected chi connectivity index (χ0v) is 11.9. The maximum atomic E-state index is 12.0. The summed E-state index contributed by atoms with van der Waals surface area (Å²) in [6.07, 6.45) is 1.34. The van der Waals surface area contributed by atoms with Crippen LogP contribution < -0.4 is 10.6 Å². The largest absolute Gasteiger partial charge is 0.395 e. The van der Waals surface area contributed by atoms with E-state index in [0.29, 0.717) is 24.9 Å². The third-order valence-corrected chi connectivity index (χ3v) is 3.28. The summed E-state index contributed by atoms with van der Waals surface area (Å²) < 4.78 is 0. The number of hydrogen-bond donors (Lipinski definition) is 3. The predicted octanol–water partition coefficient (Wildman–Crippen LogP) is 0.946. The van der Waals surface area contributed by atoms with Crippen LogP contribution in [0.1, 0.15) is 30.4 Å². The average Bonchev–Trinajstić information content (AvgIpc) is 2.89. The van der Waals surface area contributed by atoms with Crippen molar-refractivity contribution in [2.24, 2.45) is 0 Å². The van der Waals surface area contributed by atoms with Crippen molar-refractivity contribution < 1.29 is 14.7 Å². The molecule has 1 unspecified atom stereocenters. The maximum absolute atomic E-state index is 12.0. The molecular formula is C16H18N2O3. The lowest BCUT2D eigenvalue weighted by molar-refractivity contribution is -0.122. The summed E-state index contributed by atoms with van der Waals surface area (Å²) in [6, 6.07) is 5.03. The van der Waals surface area contributed by atoms with Crippen LogP contribution >= 0.6 is 0 Å². The normalized spacial score (nSPS) is 16.9. The van der Waals surface area contributed by atoms with Crippen LogP contribution in [0.15, 0.2) is 18.2 Å². The number of nitrogens with one attached hydrogen (secondary N) is 2. The first-order valence-electron chi connectivity index (χ1n) is 6.91. The molecule has 2 amide bonds. The lowest BCUT2D eigenvalue weighted by Crippen LogP contribution is -2.37. The molecule has 2 rings (SSSR count). The van der Waals surface area contributed by atoms with Gasteiger partial charge in [-0.15, -0.1) is 0 Å². The van der Waals surface area contributed by atoms with Crippen molar-refractivity contribution in [2.45, 2.75) is 32.2 Å². The number of benzene rings is 1. The summed E-state index contributed by atoms with van der Waals surface area (Å²) in [6.45, 7) is 1.97. The predicted molar refractivity (Wildman–Crippen MR) is 79.6 cm³/mol. The molecule has 0 saturated carbocycles. The first-order chi connectivity index (χ1) is 10.1. The molecule has 3 N–H and O–H groups in total. The number of hydrogen-bond acceptors (Lipinski definition) is 3. The van der Waals surface area contributed by atoms with E-state index in [0.717, 1.165) is 11.1 Å². The minimum absolute atomic E-state index is 0.0316. The molecule has 1 aliphatic rings. The second-order valence-corrected chi connectivity index (χ2v) is 4.95. The molecule has 0 bridgehead atoms. The van der Waals surface area contributed by atoms with Crippen LogP contribution in [0.2, 0.25) is 0 Å². The van der Waals surface area contributed by atoms with Crippen molar-refractivity contribution in [3.63, 3.8) is 0 Å². The Bertz CT molecular complexity index is 614. The molecule has 5 nitrogen and oxygen atoms in total. The molecule has 1 aromatic carbocycles. The molecule has 5 heteroatoms. The van der Waals surface area contributed by atoms with E-state index in [2.05, 4.69) is 22.5 Å². The zero-order chi connectivity index (χ0) is 15.2. The van der Waals surface area contributed by atoms with Crippen LogP contribution in [0, 0.1) is 18.8 Å². The highest BCUT2D eigenvalue weighted by atomic mass is 16.2. The van der Waals surface area contributed by atoms with Gasteiger partial charge in [0, 0.05) is 24.1 Å². The van der Waals surface area contributed by atoms with Gasteiger partial charge in [-0.05, 0) is 31.0 Å². The molecule has 1 heterocycles. The van der Waals surface area contributed by atoms with E-state index in [-0.39, 0.29) is 18.4 Å². The molecule has 1 aromatic rings. The summed E-state index contributed by atoms with van der Waals surface area (Å²) in [5.41, 5.74) is 2.48. The molecule has 0 aliphatic carbocycles. The first kappa shape index (κ1) is 15.1. The van der Waals surface area contributed by atoms with Crippen molar-refractivity contribution in [3.05, 3.63) is 29.3 Å². The number of aliphatic hydroxyl groups excluding tert-OH is 1. The second-order valence-electron chi connectivity index (χ2n) is 4.95. The monoisotopic (exact) mass is 286 g/mol. The van der Waals surface area contributed by atoms with E-state index in [1.807, 2.05) is 13.0 Å². The van der Waals surface area contributed by atoms with Gasteiger partial charge in [-0.3, -0.25) is 9.59 Å². The van der Waals surface area contributed by atoms with Crippen LogP contribution in [0.4, 0.5) is 5.69 Å². The van der Waals surface area contributed by atoms with Crippen molar-refractivity contribution in [2.75, 3.05) is 11.9 Å². The van der Waals surface area contributed by atoms with Crippen LogP contribution in [-0.4, -0.2) is 29.6 Å². The molecule has 1 aliphatic heterocycles. The van der Waals surface area contributed by atoms with E-state index in [9.17, 15) is 9.59 Å². The molecular weight excluding hydrogens is 268 g/mol. The Balaban J connectivity index is 2.07. The third kappa shape index (κ3) is 4.07. The summed E-state index contributed by atoms with van der Waals surface area (Å²) in [4.78, 5) is 23.1. The number of anilines is 1. The Hall–Kier alpha value is -2.32. The molecule has 21 heavy (non-hydrogen) atoms. The van der Waals surface area contributed by atoms with Gasteiger partial charge >= 0.3 is 0 Å². The Labute approximate surface area is 123 Å². The highest BCUT2D eigenvalue weighted by Crippen LogP contribution is 2.16. The number of rotatable bonds is 3. The summed E-state index contributed by atoms with van der Waals surface area (Å²) in [7, 11) is 0. The van der Waals surface area contributed by atoms with Gasteiger partial charge in [0.25, 0.3) is 0 Å². The fourth-order valence-corrected chi connectivity index (χ4v) is 2.09. The Morgan fingerprint density at radius 3 is 3.00 bits per heavy atom. The van der Waals surface area contributed by atoms with E-state index in [1.165, 1.54) is 0 Å². The minimum Gasteiger partial charge on any atom is -0.395 e. The molecule has 0 radical (unpaired) electrons. The van der Waals surface area contributed by atoms with E-state index in [1.54, 1.807) is 12.1 Å². The standard InChI is InChI=1S/C16H18N2O3/c1-11-5-6-13(10-12(11)4-2-3-9-19)17-16(21)14-7-8-15(20)18-14/h5-6,10,14,19H,3,7-9H2,1H3,(H,17,21)(H,18,20). The first-order valence-corrected chi connectivity index (χ1v) is 6.91. The van der Waals surface area contributed by atoms with Crippen LogP contribution in [0.25, 0.3) is 0 Å². The molecule has 0 spiro atoms. The van der Waals surface area contributed by atoms with Gasteiger partial charge in [0.2, 0.25) is 11.8 Å². The fourth-order valence-electron chi connectivity index (χ4n) is 2.09. The van der Waals surface area contributed by atoms with Gasteiger partial charge in [-0.25, -0.2) is 0 Å². The summed E-state index contributed by atoms with van der Waals surface area (Å²) >= 11 is 0. The quantitative estimate of drug-likeness (QED) is 0.724. The highest BCUT2D eigenvalue weighted by molar-refractivity contribution is 5.99. The van der Waals surface area contributed by atoms with Gasteiger partial charge in [-0.1, -0.05) is 17.9 Å². The van der Waals surface area contributed by atoms with Crippen LogP contribution in [-0.2, 0) is 9.59 Å². The third-order valence-electron chi connectivity index (χ3n) is 3.28. The Morgan fingerprint density at radius 2 is 2.33 bits per heavy atom. The lowest BCUT2D eigenvalue weighted by atomic mass is 10.1. The van der Waals surface area contributed by atoms with Gasteiger partial charge < -0.3 is 15.7 Å². The van der Waals surface area contributed by atoms with Gasteiger partial charge in [0.05, 0.1) is 6.61 Å². The minimum atomic E-state index is -0.456. The van der Waals surface area contributed by atoms with Crippen LogP contribution in [0.5, 0.6) is 0 Å². The zero-order valence-electron chi connectivity index (χ0n) is 11.9. The molecule has 110 valence electrons.